The molecule has 0 aliphatic rings. The maximum Gasteiger partial charge on any atom is 0.218 e. The lowest BCUT2D eigenvalue weighted by Gasteiger charge is -2.31. The number of benzene rings is 1. The third-order valence-corrected chi connectivity index (χ3v) is 2.31. The van der Waals surface area contributed by atoms with Crippen LogP contribution in [-0.2, 0) is 4.79 Å². The van der Waals surface area contributed by atoms with Gasteiger partial charge in [0.05, 0.1) is 21.1 Å². The third kappa shape index (κ3) is 3.79. The van der Waals surface area contributed by atoms with Gasteiger partial charge in [-0.3, -0.25) is 4.79 Å². The van der Waals surface area contributed by atoms with Crippen LogP contribution in [0.4, 0.5) is 11.4 Å². The van der Waals surface area contributed by atoms with E-state index in [0.717, 1.165) is 12.0 Å². The van der Waals surface area contributed by atoms with E-state index in [-0.39, 0.29) is 6.17 Å². The lowest BCUT2D eigenvalue weighted by atomic mass is 10.2. The first-order valence-corrected chi connectivity index (χ1v) is 5.15. The number of rotatable bonds is 5. The summed E-state index contributed by atoms with van der Waals surface area (Å²) in [5, 5.41) is 6.58. The zero-order valence-electron chi connectivity index (χ0n) is 10.2. The van der Waals surface area contributed by atoms with Gasteiger partial charge in [-0.2, -0.15) is 0 Å². The van der Waals surface area contributed by atoms with Gasteiger partial charge in [0.2, 0.25) is 6.17 Å². The molecular weight excluding hydrogens is 218 g/mol. The van der Waals surface area contributed by atoms with Gasteiger partial charge < -0.3 is 9.80 Å². The van der Waals surface area contributed by atoms with Crippen LogP contribution in [0.3, 0.4) is 0 Å². The second-order valence-electron chi connectivity index (χ2n) is 4.58. The Labute approximate surface area is 100 Å². The molecule has 0 radical (unpaired) electrons. The Morgan fingerprint density at radius 1 is 1.35 bits per heavy atom. The first-order chi connectivity index (χ1) is 7.97. The second-order valence-corrected chi connectivity index (χ2v) is 4.58. The summed E-state index contributed by atoms with van der Waals surface area (Å²) in [7, 11) is 5.79. The van der Waals surface area contributed by atoms with Crippen LogP contribution in [0.15, 0.2) is 29.4 Å². The lowest BCUT2D eigenvalue weighted by Crippen LogP contribution is -2.50. The van der Waals surface area contributed by atoms with E-state index in [1.54, 1.807) is 24.3 Å². The molecule has 1 aromatic rings. The molecule has 0 amide bonds. The molecule has 1 aromatic carbocycles. The topological polar surface area (TPSA) is 77.9 Å². The predicted octanol–water partition coefficient (Wildman–Crippen LogP) is 2.27. The van der Waals surface area contributed by atoms with Crippen molar-refractivity contribution in [2.24, 2.45) is 5.11 Å². The Morgan fingerprint density at radius 3 is 2.35 bits per heavy atom. The molecule has 1 rings (SSSR count). The number of aldehydes is 1. The van der Waals surface area contributed by atoms with Crippen molar-refractivity contribution in [1.29, 1.82) is 0 Å². The van der Waals surface area contributed by atoms with Crippen molar-refractivity contribution < 1.29 is 9.28 Å². The van der Waals surface area contributed by atoms with E-state index in [0.29, 0.717) is 10.2 Å². The maximum atomic E-state index is 11.0. The molecule has 90 valence electrons. The van der Waals surface area contributed by atoms with Crippen molar-refractivity contribution in [3.63, 3.8) is 0 Å². The van der Waals surface area contributed by atoms with Crippen molar-refractivity contribution in [2.75, 3.05) is 26.5 Å². The van der Waals surface area contributed by atoms with Gasteiger partial charge in [-0.15, -0.1) is 0 Å². The number of anilines is 1. The molecule has 0 saturated heterocycles. The normalized spacial score (nSPS) is 12.4. The maximum absolute atomic E-state index is 11.0. The summed E-state index contributed by atoms with van der Waals surface area (Å²) < 4.78 is 0.488. The van der Waals surface area contributed by atoms with Gasteiger partial charge in [0.25, 0.3) is 0 Å². The molecule has 0 aromatic heterocycles. The number of quaternary nitrogens is 1. The highest BCUT2D eigenvalue weighted by Gasteiger charge is 2.22. The van der Waals surface area contributed by atoms with Crippen molar-refractivity contribution in [3.8, 4) is 0 Å². The van der Waals surface area contributed by atoms with Crippen LogP contribution in [0, 0.1) is 0 Å². The predicted molar refractivity (Wildman–Crippen MR) is 66.8 cm³/mol. The highest BCUT2D eigenvalue weighted by Crippen LogP contribution is 2.17. The number of hydrogen-bond acceptors (Lipinski definition) is 3. The molecule has 0 bridgehead atoms. The second kappa shape index (κ2) is 5.34. The molecule has 0 heterocycles. The zero-order chi connectivity index (χ0) is 12.9. The summed E-state index contributed by atoms with van der Waals surface area (Å²) >= 11 is 0. The molecule has 1 unspecified atom stereocenters. The molecule has 0 aliphatic carbocycles. The van der Waals surface area contributed by atoms with Crippen LogP contribution in [0.2, 0.25) is 0 Å². The van der Waals surface area contributed by atoms with E-state index in [1.807, 2.05) is 21.1 Å². The van der Waals surface area contributed by atoms with E-state index in [1.165, 1.54) is 0 Å². The van der Waals surface area contributed by atoms with Gasteiger partial charge in [0, 0.05) is 16.3 Å². The van der Waals surface area contributed by atoms with Crippen molar-refractivity contribution in [3.05, 3.63) is 34.7 Å². The summed E-state index contributed by atoms with van der Waals surface area (Å²) in [5.41, 5.74) is 9.63. The van der Waals surface area contributed by atoms with Crippen molar-refractivity contribution >= 4 is 17.7 Å². The average molecular weight is 234 g/mol. The molecule has 0 spiro atoms. The van der Waals surface area contributed by atoms with Gasteiger partial charge in [0.15, 0.2) is 6.29 Å². The zero-order valence-corrected chi connectivity index (χ0v) is 10.2. The molecule has 0 saturated carbocycles. The summed E-state index contributed by atoms with van der Waals surface area (Å²) in [6, 6.07) is 6.94. The molecule has 1 N–H and O–H groups in total. The van der Waals surface area contributed by atoms with Crippen LogP contribution < -0.4 is 5.32 Å². The molecule has 1 atom stereocenters. The highest BCUT2D eigenvalue weighted by molar-refractivity contribution is 5.63. The number of carbonyl (C=O) groups excluding carboxylic acids is 1. The Kier molecular flexibility index (Phi) is 4.09. The Hall–Kier alpha value is -2.04. The molecule has 6 heteroatoms. The first kappa shape index (κ1) is 13.0. The first-order valence-electron chi connectivity index (χ1n) is 5.15. The van der Waals surface area contributed by atoms with E-state index in [4.69, 9.17) is 5.53 Å². The summed E-state index contributed by atoms with van der Waals surface area (Å²) in [6.45, 7) is 0. The molecule has 6 nitrogen and oxygen atoms in total. The summed E-state index contributed by atoms with van der Waals surface area (Å²) in [4.78, 5) is 13.7. The van der Waals surface area contributed by atoms with Crippen LogP contribution >= 0.6 is 0 Å². The minimum Gasteiger partial charge on any atom is -0.330 e. The minimum atomic E-state index is -0.319. The van der Waals surface area contributed by atoms with E-state index in [2.05, 4.69) is 15.3 Å². The molecule has 0 fully saturated rings. The number of nitrogens with zero attached hydrogens (tertiary/aromatic N) is 4. The van der Waals surface area contributed by atoms with E-state index in [9.17, 15) is 4.79 Å². The fourth-order valence-corrected chi connectivity index (χ4v) is 1.26. The smallest absolute Gasteiger partial charge is 0.218 e. The molecular formula is C11H16N5O+. The summed E-state index contributed by atoms with van der Waals surface area (Å²) in [5.74, 6) is 0. The quantitative estimate of drug-likeness (QED) is 0.212. The molecule has 0 aliphatic heterocycles. The fourth-order valence-electron chi connectivity index (χ4n) is 1.26. The lowest BCUT2D eigenvalue weighted by molar-refractivity contribution is -0.881. The van der Waals surface area contributed by atoms with Crippen LogP contribution in [0.5, 0.6) is 0 Å². The van der Waals surface area contributed by atoms with Gasteiger partial charge in [0.1, 0.15) is 0 Å². The van der Waals surface area contributed by atoms with Crippen molar-refractivity contribution in [2.45, 2.75) is 6.17 Å². The SMILES string of the molecule is C[N+](C)(C)C(C=O)Nc1ccc(N=[N+]=[N-])cc1. The van der Waals surface area contributed by atoms with E-state index >= 15 is 0 Å². The Morgan fingerprint density at radius 2 is 1.94 bits per heavy atom. The van der Waals surface area contributed by atoms with Gasteiger partial charge in [-0.25, -0.2) is 0 Å². The number of carbonyl (C=O) groups is 1. The standard InChI is InChI=1S/C11H16N5O/c1-16(2,3)11(8-17)13-9-4-6-10(7-5-9)14-15-12/h4-8,11,13H,1-3H3/q+1. The van der Waals surface area contributed by atoms with Crippen LogP contribution in [0.1, 0.15) is 0 Å². The van der Waals surface area contributed by atoms with Crippen LogP contribution in [0.25, 0.3) is 10.4 Å². The monoisotopic (exact) mass is 234 g/mol. The number of nitrogens with one attached hydrogen (secondary N) is 1. The number of likely N-dealkylation sites (N-methyl/N-ethyl adjacent to an activating group) is 1. The largest absolute Gasteiger partial charge is 0.330 e. The summed E-state index contributed by atoms with van der Waals surface area (Å²) in [6.07, 6.45) is 0.557. The van der Waals surface area contributed by atoms with Crippen molar-refractivity contribution in [1.82, 2.24) is 0 Å². The van der Waals surface area contributed by atoms with Crippen LogP contribution in [-0.4, -0.2) is 38.1 Å². The molecule has 17 heavy (non-hydrogen) atoms. The van der Waals surface area contributed by atoms with Gasteiger partial charge >= 0.3 is 0 Å². The van der Waals surface area contributed by atoms with Gasteiger partial charge in [-0.1, -0.05) is 17.2 Å². The number of hydrogen-bond donors (Lipinski definition) is 1. The Balaban J connectivity index is 2.81. The van der Waals surface area contributed by atoms with E-state index < -0.39 is 0 Å². The highest BCUT2D eigenvalue weighted by atomic mass is 16.1. The third-order valence-electron chi connectivity index (χ3n) is 2.31. The minimum absolute atomic E-state index is 0.319. The number of azide groups is 1. The van der Waals surface area contributed by atoms with Gasteiger partial charge in [-0.05, 0) is 17.7 Å². The average Bonchev–Trinajstić information content (AvgIpc) is 2.27. The fraction of sp³-hybridized carbons (Fsp3) is 0.364. The Bertz CT molecular complexity index is 428.